The predicted octanol–water partition coefficient (Wildman–Crippen LogP) is 2.67. The number of amides is 1. The van der Waals surface area contributed by atoms with Crippen molar-refractivity contribution in [2.45, 2.75) is 44.2 Å². The van der Waals surface area contributed by atoms with E-state index in [9.17, 15) is 4.79 Å². The molecule has 1 saturated heterocycles. The van der Waals surface area contributed by atoms with Crippen LogP contribution in [0.4, 0.5) is 0 Å². The van der Waals surface area contributed by atoms with Gasteiger partial charge in [0.1, 0.15) is 11.4 Å². The quantitative estimate of drug-likeness (QED) is 0.799. The minimum atomic E-state index is -0.210. The van der Waals surface area contributed by atoms with Gasteiger partial charge >= 0.3 is 0 Å². The van der Waals surface area contributed by atoms with Crippen LogP contribution in [0, 0.1) is 5.92 Å². The van der Waals surface area contributed by atoms with Crippen LogP contribution in [0.25, 0.3) is 0 Å². The highest BCUT2D eigenvalue weighted by atomic mass is 16.5. The van der Waals surface area contributed by atoms with Gasteiger partial charge < -0.3 is 14.5 Å². The van der Waals surface area contributed by atoms with E-state index in [4.69, 9.17) is 4.74 Å². The molecule has 1 aromatic carbocycles. The maximum Gasteiger partial charge on any atom is 0.226 e. The van der Waals surface area contributed by atoms with Gasteiger partial charge in [-0.3, -0.25) is 4.79 Å². The normalized spacial score (nSPS) is 24.5. The van der Waals surface area contributed by atoms with Crippen LogP contribution in [0.1, 0.15) is 37.7 Å². The fraction of sp³-hybridized carbons (Fsp3) is 0.632. The number of rotatable bonds is 1. The summed E-state index contributed by atoms with van der Waals surface area (Å²) < 4.78 is 6.52. The molecular weight excluding hydrogens is 288 g/mol. The summed E-state index contributed by atoms with van der Waals surface area (Å²) in [6.07, 6.45) is 5.31. The van der Waals surface area contributed by atoms with Crippen molar-refractivity contribution in [2.24, 2.45) is 5.92 Å². The molecule has 1 saturated carbocycles. The van der Waals surface area contributed by atoms with Crippen molar-refractivity contribution < 1.29 is 9.53 Å². The lowest BCUT2D eigenvalue weighted by atomic mass is 9.83. The van der Waals surface area contributed by atoms with E-state index < -0.39 is 0 Å². The average molecular weight is 314 g/mol. The zero-order chi connectivity index (χ0) is 15.9. The topological polar surface area (TPSA) is 32.8 Å². The third-order valence-corrected chi connectivity index (χ3v) is 5.80. The molecule has 4 nitrogen and oxygen atoms in total. The van der Waals surface area contributed by atoms with Crippen molar-refractivity contribution >= 4 is 5.91 Å². The van der Waals surface area contributed by atoms with Gasteiger partial charge in [-0.2, -0.15) is 0 Å². The Kier molecular flexibility index (Phi) is 3.80. The van der Waals surface area contributed by atoms with Crippen molar-refractivity contribution in [1.82, 2.24) is 9.80 Å². The van der Waals surface area contributed by atoms with Gasteiger partial charge in [0.2, 0.25) is 5.91 Å². The van der Waals surface area contributed by atoms with E-state index in [0.717, 1.165) is 56.6 Å². The van der Waals surface area contributed by atoms with Crippen LogP contribution in [-0.4, -0.2) is 48.0 Å². The first kappa shape index (κ1) is 15.0. The Morgan fingerprint density at radius 2 is 1.96 bits per heavy atom. The van der Waals surface area contributed by atoms with Crippen molar-refractivity contribution in [2.75, 3.05) is 26.7 Å². The molecule has 4 rings (SSSR count). The highest BCUT2D eigenvalue weighted by molar-refractivity contribution is 5.80. The average Bonchev–Trinajstić information content (AvgIpc) is 2.65. The van der Waals surface area contributed by atoms with Gasteiger partial charge in [0.15, 0.2) is 0 Å². The highest BCUT2D eigenvalue weighted by Crippen LogP contribution is 2.37. The van der Waals surface area contributed by atoms with E-state index in [2.05, 4.69) is 29.0 Å². The number of likely N-dealkylation sites (tertiary alicyclic amines) is 1. The second-order valence-electron chi connectivity index (χ2n) is 7.52. The largest absolute Gasteiger partial charge is 0.485 e. The van der Waals surface area contributed by atoms with E-state index >= 15 is 0 Å². The van der Waals surface area contributed by atoms with E-state index in [1.165, 1.54) is 6.42 Å². The molecule has 0 unspecified atom stereocenters. The third kappa shape index (κ3) is 2.85. The summed E-state index contributed by atoms with van der Waals surface area (Å²) >= 11 is 0. The van der Waals surface area contributed by atoms with E-state index in [1.807, 2.05) is 12.1 Å². The number of carbonyl (C=O) groups is 1. The lowest BCUT2D eigenvalue weighted by Gasteiger charge is -2.42. The van der Waals surface area contributed by atoms with E-state index in [-0.39, 0.29) is 11.5 Å². The van der Waals surface area contributed by atoms with Crippen LogP contribution in [0.5, 0.6) is 5.75 Å². The van der Waals surface area contributed by atoms with Crippen LogP contribution in [0.15, 0.2) is 24.3 Å². The molecule has 2 heterocycles. The number of benzene rings is 1. The Morgan fingerprint density at radius 3 is 2.65 bits per heavy atom. The third-order valence-electron chi connectivity index (χ3n) is 5.80. The maximum absolute atomic E-state index is 12.9. The Bertz CT molecular complexity index is 589. The first-order valence-electron chi connectivity index (χ1n) is 8.89. The summed E-state index contributed by atoms with van der Waals surface area (Å²) in [6.45, 7) is 3.51. The molecule has 124 valence electrons. The van der Waals surface area contributed by atoms with Crippen molar-refractivity contribution in [3.05, 3.63) is 29.8 Å². The van der Waals surface area contributed by atoms with Gasteiger partial charge in [0, 0.05) is 44.0 Å². The van der Waals surface area contributed by atoms with Crippen LogP contribution < -0.4 is 4.74 Å². The molecule has 1 spiro atoms. The fourth-order valence-electron chi connectivity index (χ4n) is 3.96. The molecule has 2 aliphatic heterocycles. The molecule has 2 fully saturated rings. The van der Waals surface area contributed by atoms with Gasteiger partial charge in [-0.1, -0.05) is 24.6 Å². The number of para-hydroxylation sites is 1. The molecule has 0 radical (unpaired) electrons. The zero-order valence-electron chi connectivity index (χ0n) is 14.0. The number of hydrogen-bond donors (Lipinski definition) is 0. The number of piperidine rings is 1. The molecule has 0 N–H and O–H groups in total. The van der Waals surface area contributed by atoms with Crippen molar-refractivity contribution in [3.63, 3.8) is 0 Å². The minimum absolute atomic E-state index is 0.210. The summed E-state index contributed by atoms with van der Waals surface area (Å²) in [7, 11) is 2.16. The first-order valence-corrected chi connectivity index (χ1v) is 8.89. The standard InChI is InChI=1S/C19H26N2O2/c1-20-11-9-19(10-12-20)14-21(18(22)15-6-4-7-15)13-16-5-2-3-8-17(16)23-19/h2-3,5,8,15H,4,6-7,9-14H2,1H3. The minimum Gasteiger partial charge on any atom is -0.485 e. The SMILES string of the molecule is CN1CCC2(CC1)CN(C(=O)C1CCC1)Cc1ccccc1O2. The summed E-state index contributed by atoms with van der Waals surface area (Å²) in [6, 6.07) is 8.24. The van der Waals surface area contributed by atoms with Crippen LogP contribution in [0.2, 0.25) is 0 Å². The van der Waals surface area contributed by atoms with Crippen molar-refractivity contribution in [1.29, 1.82) is 0 Å². The molecule has 0 aromatic heterocycles. The molecular formula is C19H26N2O2. The first-order chi connectivity index (χ1) is 11.2. The van der Waals surface area contributed by atoms with Crippen molar-refractivity contribution in [3.8, 4) is 5.75 Å². The molecule has 4 heteroatoms. The highest BCUT2D eigenvalue weighted by Gasteiger charge is 2.42. The molecule has 23 heavy (non-hydrogen) atoms. The number of nitrogens with zero attached hydrogens (tertiary/aromatic N) is 2. The molecule has 1 aromatic rings. The van der Waals surface area contributed by atoms with E-state index in [0.29, 0.717) is 12.5 Å². The Morgan fingerprint density at radius 1 is 1.22 bits per heavy atom. The Hall–Kier alpha value is -1.55. The summed E-state index contributed by atoms with van der Waals surface area (Å²) in [5, 5.41) is 0. The van der Waals surface area contributed by atoms with Gasteiger partial charge in [0.05, 0.1) is 6.54 Å². The van der Waals surface area contributed by atoms with Gasteiger partial charge in [-0.05, 0) is 26.0 Å². The van der Waals surface area contributed by atoms with Gasteiger partial charge in [0.25, 0.3) is 0 Å². The lowest BCUT2D eigenvalue weighted by Crippen LogP contribution is -2.54. The van der Waals surface area contributed by atoms with Crippen LogP contribution in [-0.2, 0) is 11.3 Å². The predicted molar refractivity (Wildman–Crippen MR) is 89.3 cm³/mol. The number of carbonyl (C=O) groups excluding carboxylic acids is 1. The lowest BCUT2D eigenvalue weighted by molar-refractivity contribution is -0.142. The number of hydrogen-bond acceptors (Lipinski definition) is 3. The van der Waals surface area contributed by atoms with Crippen LogP contribution in [0.3, 0.4) is 0 Å². The molecule has 1 amide bonds. The van der Waals surface area contributed by atoms with Crippen LogP contribution >= 0.6 is 0 Å². The summed E-state index contributed by atoms with van der Waals surface area (Å²) in [5.41, 5.74) is 0.939. The smallest absolute Gasteiger partial charge is 0.226 e. The zero-order valence-corrected chi connectivity index (χ0v) is 14.0. The second-order valence-corrected chi connectivity index (χ2v) is 7.52. The molecule has 0 bridgehead atoms. The Labute approximate surface area is 138 Å². The monoisotopic (exact) mass is 314 g/mol. The summed E-state index contributed by atoms with van der Waals surface area (Å²) in [5.74, 6) is 1.57. The van der Waals surface area contributed by atoms with Gasteiger partial charge in [-0.15, -0.1) is 0 Å². The van der Waals surface area contributed by atoms with Gasteiger partial charge in [-0.25, -0.2) is 0 Å². The molecule has 1 aliphatic carbocycles. The maximum atomic E-state index is 12.9. The number of fused-ring (bicyclic) bond motifs is 1. The van der Waals surface area contributed by atoms with E-state index in [1.54, 1.807) is 0 Å². The molecule has 3 aliphatic rings. The summed E-state index contributed by atoms with van der Waals surface area (Å²) in [4.78, 5) is 17.3. The fourth-order valence-corrected chi connectivity index (χ4v) is 3.96. The second kappa shape index (κ2) is 5.82. The molecule has 0 atom stereocenters. The Balaban J connectivity index is 1.64. The number of ether oxygens (including phenoxy) is 1.